The van der Waals surface area contributed by atoms with Gasteiger partial charge in [0.1, 0.15) is 0 Å². The second-order valence-corrected chi connectivity index (χ2v) is 2.88. The van der Waals surface area contributed by atoms with Gasteiger partial charge in [-0.25, -0.2) is 0 Å². The van der Waals surface area contributed by atoms with Gasteiger partial charge in [-0.1, -0.05) is 47.6 Å². The molecule has 0 saturated carbocycles. The highest BCUT2D eigenvalue weighted by molar-refractivity contribution is 6.31. The standard InChI is InChI=1S/C11H15Cl/c1-4-6-7-10(3)8-9-11(12)5-2/h4-9H,1-3H3/b6-4-,9-8-,10-7+,11-5+. The minimum absolute atomic E-state index is 0.767. The van der Waals surface area contributed by atoms with E-state index >= 15 is 0 Å². The van der Waals surface area contributed by atoms with Crippen molar-refractivity contribution < 1.29 is 0 Å². The van der Waals surface area contributed by atoms with Gasteiger partial charge in [-0.3, -0.25) is 0 Å². The molecule has 0 heterocycles. The van der Waals surface area contributed by atoms with Crippen LogP contribution in [0, 0.1) is 0 Å². The second-order valence-electron chi connectivity index (χ2n) is 2.44. The molecule has 66 valence electrons. The van der Waals surface area contributed by atoms with E-state index in [4.69, 9.17) is 11.6 Å². The first-order chi connectivity index (χ1) is 5.70. The minimum Gasteiger partial charge on any atom is -0.0877 e. The van der Waals surface area contributed by atoms with Crippen molar-refractivity contribution in [3.8, 4) is 0 Å². The van der Waals surface area contributed by atoms with Crippen molar-refractivity contribution in [2.45, 2.75) is 20.8 Å². The summed E-state index contributed by atoms with van der Waals surface area (Å²) < 4.78 is 0. The zero-order chi connectivity index (χ0) is 9.40. The predicted octanol–water partition coefficient (Wildman–Crippen LogP) is 4.21. The summed E-state index contributed by atoms with van der Waals surface area (Å²) in [5.74, 6) is 0. The summed E-state index contributed by atoms with van der Waals surface area (Å²) in [5, 5.41) is 0.767. The molecule has 0 aliphatic rings. The van der Waals surface area contributed by atoms with Gasteiger partial charge in [0.2, 0.25) is 0 Å². The predicted molar refractivity (Wildman–Crippen MR) is 57.3 cm³/mol. The van der Waals surface area contributed by atoms with Crippen molar-refractivity contribution in [3.05, 3.63) is 47.1 Å². The molecular formula is C11H15Cl. The van der Waals surface area contributed by atoms with Gasteiger partial charge in [0, 0.05) is 5.03 Å². The number of hydrogen-bond donors (Lipinski definition) is 0. The van der Waals surface area contributed by atoms with Gasteiger partial charge in [-0.05, 0) is 26.8 Å². The second kappa shape index (κ2) is 6.93. The number of hydrogen-bond acceptors (Lipinski definition) is 0. The Kier molecular flexibility index (Phi) is 6.50. The fourth-order valence-corrected chi connectivity index (χ4v) is 0.674. The molecule has 0 spiro atoms. The Morgan fingerprint density at radius 1 is 1.17 bits per heavy atom. The summed E-state index contributed by atoms with van der Waals surface area (Å²) in [6.07, 6.45) is 11.8. The Morgan fingerprint density at radius 2 is 1.83 bits per heavy atom. The Balaban J connectivity index is 4.16. The van der Waals surface area contributed by atoms with Crippen LogP contribution in [0.4, 0.5) is 0 Å². The molecule has 0 radical (unpaired) electrons. The Labute approximate surface area is 79.9 Å². The van der Waals surface area contributed by atoms with Crippen molar-refractivity contribution in [2.75, 3.05) is 0 Å². The largest absolute Gasteiger partial charge is 0.0877 e. The fraction of sp³-hybridized carbons (Fsp3) is 0.273. The molecule has 0 unspecified atom stereocenters. The zero-order valence-corrected chi connectivity index (χ0v) is 8.60. The lowest BCUT2D eigenvalue weighted by Gasteiger charge is -1.88. The molecule has 0 aliphatic carbocycles. The van der Waals surface area contributed by atoms with Crippen LogP contribution < -0.4 is 0 Å². The number of halogens is 1. The maximum Gasteiger partial charge on any atom is 0.0363 e. The highest BCUT2D eigenvalue weighted by atomic mass is 35.5. The molecule has 0 aromatic heterocycles. The van der Waals surface area contributed by atoms with E-state index in [1.54, 1.807) is 0 Å². The van der Waals surface area contributed by atoms with E-state index < -0.39 is 0 Å². The third kappa shape index (κ3) is 5.99. The van der Waals surface area contributed by atoms with Gasteiger partial charge in [0.05, 0.1) is 0 Å². The maximum atomic E-state index is 5.77. The molecule has 0 bridgehead atoms. The van der Waals surface area contributed by atoms with Gasteiger partial charge in [0.15, 0.2) is 0 Å². The molecular weight excluding hydrogens is 168 g/mol. The van der Waals surface area contributed by atoms with Crippen molar-refractivity contribution >= 4 is 11.6 Å². The number of rotatable bonds is 3. The smallest absolute Gasteiger partial charge is 0.0363 e. The van der Waals surface area contributed by atoms with Crippen LogP contribution in [0.1, 0.15) is 20.8 Å². The Bertz CT molecular complexity index is 229. The van der Waals surface area contributed by atoms with E-state index in [9.17, 15) is 0 Å². The first kappa shape index (κ1) is 11.2. The van der Waals surface area contributed by atoms with E-state index in [0.717, 1.165) is 5.03 Å². The molecule has 0 aromatic rings. The lowest BCUT2D eigenvalue weighted by Crippen LogP contribution is -1.67. The highest BCUT2D eigenvalue weighted by Gasteiger charge is 1.81. The fourth-order valence-electron chi connectivity index (χ4n) is 0.611. The summed E-state index contributed by atoms with van der Waals surface area (Å²) in [6, 6.07) is 0. The van der Waals surface area contributed by atoms with Gasteiger partial charge in [-0.2, -0.15) is 0 Å². The zero-order valence-electron chi connectivity index (χ0n) is 7.84. The van der Waals surface area contributed by atoms with Gasteiger partial charge < -0.3 is 0 Å². The average Bonchev–Trinajstić information content (AvgIpc) is 2.10. The average molecular weight is 183 g/mol. The molecule has 12 heavy (non-hydrogen) atoms. The normalized spacial score (nSPS) is 15.0. The molecule has 0 saturated heterocycles. The molecule has 0 aliphatic heterocycles. The van der Waals surface area contributed by atoms with Crippen LogP contribution in [0.5, 0.6) is 0 Å². The monoisotopic (exact) mass is 182 g/mol. The van der Waals surface area contributed by atoms with Crippen molar-refractivity contribution in [1.29, 1.82) is 0 Å². The Hall–Kier alpha value is -0.750. The van der Waals surface area contributed by atoms with E-state index in [1.165, 1.54) is 5.57 Å². The van der Waals surface area contributed by atoms with E-state index in [2.05, 4.69) is 0 Å². The molecule has 0 N–H and O–H groups in total. The van der Waals surface area contributed by atoms with E-state index in [-0.39, 0.29) is 0 Å². The van der Waals surface area contributed by atoms with Gasteiger partial charge >= 0.3 is 0 Å². The molecule has 0 rings (SSSR count). The Morgan fingerprint density at radius 3 is 2.33 bits per heavy atom. The molecule has 0 atom stereocenters. The number of allylic oxidation sites excluding steroid dienone is 8. The molecule has 0 aromatic carbocycles. The molecule has 0 nitrogen and oxygen atoms in total. The van der Waals surface area contributed by atoms with E-state index in [1.807, 2.05) is 57.2 Å². The third-order valence-electron chi connectivity index (χ3n) is 1.33. The maximum absolute atomic E-state index is 5.77. The summed E-state index contributed by atoms with van der Waals surface area (Å²) >= 11 is 5.77. The van der Waals surface area contributed by atoms with Gasteiger partial charge in [0.25, 0.3) is 0 Å². The molecule has 1 heteroatoms. The minimum atomic E-state index is 0.767. The van der Waals surface area contributed by atoms with Crippen LogP contribution in [0.3, 0.4) is 0 Å². The van der Waals surface area contributed by atoms with Crippen molar-refractivity contribution in [1.82, 2.24) is 0 Å². The van der Waals surface area contributed by atoms with E-state index in [0.29, 0.717) is 0 Å². The van der Waals surface area contributed by atoms with Crippen molar-refractivity contribution in [3.63, 3.8) is 0 Å². The first-order valence-corrected chi connectivity index (χ1v) is 4.38. The van der Waals surface area contributed by atoms with Crippen LogP contribution in [0.2, 0.25) is 0 Å². The van der Waals surface area contributed by atoms with Crippen LogP contribution in [0.25, 0.3) is 0 Å². The summed E-state index contributed by atoms with van der Waals surface area (Å²) in [4.78, 5) is 0. The summed E-state index contributed by atoms with van der Waals surface area (Å²) in [7, 11) is 0. The molecule has 0 fully saturated rings. The van der Waals surface area contributed by atoms with Crippen LogP contribution >= 0.6 is 11.6 Å². The quantitative estimate of drug-likeness (QED) is 0.574. The summed E-state index contributed by atoms with van der Waals surface area (Å²) in [6.45, 7) is 5.94. The topological polar surface area (TPSA) is 0 Å². The lowest BCUT2D eigenvalue weighted by molar-refractivity contribution is 1.51. The van der Waals surface area contributed by atoms with Crippen LogP contribution in [-0.2, 0) is 0 Å². The van der Waals surface area contributed by atoms with Crippen molar-refractivity contribution in [2.24, 2.45) is 0 Å². The molecule has 0 amide bonds. The first-order valence-electron chi connectivity index (χ1n) is 4.00. The van der Waals surface area contributed by atoms with Crippen LogP contribution in [0.15, 0.2) is 47.1 Å². The SMILES string of the molecule is C\C=C/C=C(C)/C=C\C(Cl)=C/C. The summed E-state index contributed by atoms with van der Waals surface area (Å²) in [5.41, 5.74) is 1.19. The lowest BCUT2D eigenvalue weighted by atomic mass is 10.2. The van der Waals surface area contributed by atoms with Gasteiger partial charge in [-0.15, -0.1) is 0 Å². The van der Waals surface area contributed by atoms with Crippen LogP contribution in [-0.4, -0.2) is 0 Å². The highest BCUT2D eigenvalue weighted by Crippen LogP contribution is 2.05. The third-order valence-corrected chi connectivity index (χ3v) is 1.68.